The number of carbonyl (C=O) groups is 2. The number of hydrazone groups is 1. The van der Waals surface area contributed by atoms with Gasteiger partial charge in [-0.15, -0.1) is 5.01 Å². The van der Waals surface area contributed by atoms with E-state index in [1.54, 1.807) is 30.3 Å². The van der Waals surface area contributed by atoms with Gasteiger partial charge in [0.05, 0.1) is 13.3 Å². The first-order chi connectivity index (χ1) is 12.5. The fraction of sp³-hybridized carbons (Fsp3) is 0.211. The van der Waals surface area contributed by atoms with Crippen LogP contribution >= 0.6 is 0 Å². The molecule has 2 aromatic carbocycles. The molecule has 134 valence electrons. The molecule has 2 aromatic rings. The van der Waals surface area contributed by atoms with Gasteiger partial charge in [0, 0.05) is 0 Å². The van der Waals surface area contributed by atoms with Crippen molar-refractivity contribution in [1.29, 1.82) is 0 Å². The first-order valence-electron chi connectivity index (χ1n) is 8.11. The summed E-state index contributed by atoms with van der Waals surface area (Å²) in [5, 5.41) is 7.47. The van der Waals surface area contributed by atoms with E-state index in [1.165, 1.54) is 25.5 Å². The van der Waals surface area contributed by atoms with Crippen LogP contribution in [0, 0.1) is 5.82 Å². The summed E-state index contributed by atoms with van der Waals surface area (Å²) in [6.07, 6.45) is 1.64. The molecule has 0 aromatic heterocycles. The minimum absolute atomic E-state index is 0.103. The molecule has 0 bridgehead atoms. The Morgan fingerprint density at radius 1 is 1.23 bits per heavy atom. The maximum absolute atomic E-state index is 13.8. The average Bonchev–Trinajstić information content (AvgIpc) is 2.91. The topological polar surface area (TPSA) is 71.0 Å². The van der Waals surface area contributed by atoms with Crippen molar-refractivity contribution in [3.05, 3.63) is 65.5 Å². The van der Waals surface area contributed by atoms with Gasteiger partial charge in [-0.05, 0) is 35.7 Å². The summed E-state index contributed by atoms with van der Waals surface area (Å²) < 4.78 is 18.6. The molecule has 1 atom stereocenters. The van der Waals surface area contributed by atoms with Crippen LogP contribution in [0.25, 0.3) is 0 Å². The van der Waals surface area contributed by atoms with Crippen molar-refractivity contribution < 1.29 is 18.7 Å². The summed E-state index contributed by atoms with van der Waals surface area (Å²) in [7, 11) is 1.37. The van der Waals surface area contributed by atoms with Crippen molar-refractivity contribution in [3.63, 3.8) is 0 Å². The lowest BCUT2D eigenvalue weighted by Crippen LogP contribution is -2.43. The van der Waals surface area contributed by atoms with Gasteiger partial charge < -0.3 is 10.1 Å². The molecule has 26 heavy (non-hydrogen) atoms. The zero-order valence-electron chi connectivity index (χ0n) is 14.4. The number of hydrogen-bond donors (Lipinski definition) is 1. The normalized spacial score (nSPS) is 19.9. The number of carbonyl (C=O) groups excluding carboxylic acids is 2. The van der Waals surface area contributed by atoms with Crippen molar-refractivity contribution in [2.75, 3.05) is 7.11 Å². The van der Waals surface area contributed by atoms with Gasteiger partial charge in [-0.25, -0.2) is 9.18 Å². The first-order valence-corrected chi connectivity index (χ1v) is 8.11. The highest BCUT2D eigenvalue weighted by molar-refractivity contribution is 6.07. The molecule has 0 aliphatic carbocycles. The molecule has 1 fully saturated rings. The fourth-order valence-electron chi connectivity index (χ4n) is 2.92. The Morgan fingerprint density at radius 3 is 2.58 bits per heavy atom. The van der Waals surface area contributed by atoms with Crippen LogP contribution in [0.3, 0.4) is 0 Å². The molecule has 0 spiro atoms. The van der Waals surface area contributed by atoms with Crippen molar-refractivity contribution in [3.8, 4) is 5.75 Å². The number of hydrogen-bond acceptors (Lipinski definition) is 4. The second-order valence-corrected chi connectivity index (χ2v) is 5.81. The monoisotopic (exact) mass is 355 g/mol. The van der Waals surface area contributed by atoms with Gasteiger partial charge in [-0.2, -0.15) is 5.10 Å². The predicted molar refractivity (Wildman–Crippen MR) is 94.3 cm³/mol. The Balaban J connectivity index is 1.88. The van der Waals surface area contributed by atoms with Gasteiger partial charge in [0.2, 0.25) is 0 Å². The maximum atomic E-state index is 13.8. The largest absolute Gasteiger partial charge is 0.494 e. The van der Waals surface area contributed by atoms with Crippen LogP contribution in [0.15, 0.2) is 53.6 Å². The van der Waals surface area contributed by atoms with Gasteiger partial charge in [0.25, 0.3) is 5.91 Å². The number of benzene rings is 2. The lowest BCUT2D eigenvalue weighted by atomic mass is 9.87. The van der Waals surface area contributed by atoms with E-state index in [2.05, 4.69) is 10.4 Å². The second kappa shape index (κ2) is 6.95. The van der Waals surface area contributed by atoms with E-state index < -0.39 is 23.3 Å². The quantitative estimate of drug-likeness (QED) is 0.662. The smallest absolute Gasteiger partial charge is 0.346 e. The highest BCUT2D eigenvalue weighted by Gasteiger charge is 2.51. The maximum Gasteiger partial charge on any atom is 0.346 e. The number of urea groups is 1. The summed E-state index contributed by atoms with van der Waals surface area (Å²) in [5.41, 5.74) is -0.0625. The standard InChI is InChI=1S/C19H18FN3O3/c1-3-19(14-7-5-4-6-8-14)17(24)23(18(25)22-19)21-12-13-9-10-16(26-2)15(20)11-13/h4-12H,3H2,1-2H3,(H,22,25)/b21-12-/t19-/m0/s1. The van der Waals surface area contributed by atoms with Gasteiger partial charge >= 0.3 is 6.03 Å². The van der Waals surface area contributed by atoms with Crippen LogP contribution in [-0.4, -0.2) is 30.3 Å². The number of nitrogens with zero attached hydrogens (tertiary/aromatic N) is 2. The summed E-state index contributed by atoms with van der Waals surface area (Å²) in [4.78, 5) is 25.2. The Labute approximate surface area is 150 Å². The zero-order chi connectivity index (χ0) is 18.7. The first kappa shape index (κ1) is 17.6. The van der Waals surface area contributed by atoms with Crippen LogP contribution in [0.5, 0.6) is 5.75 Å². The number of methoxy groups -OCH3 is 1. The molecular weight excluding hydrogens is 337 g/mol. The summed E-state index contributed by atoms with van der Waals surface area (Å²) >= 11 is 0. The van der Waals surface area contributed by atoms with E-state index in [0.29, 0.717) is 17.5 Å². The Bertz CT molecular complexity index is 870. The average molecular weight is 355 g/mol. The highest BCUT2D eigenvalue weighted by atomic mass is 19.1. The Hall–Kier alpha value is -3.22. The Morgan fingerprint density at radius 2 is 1.96 bits per heavy atom. The molecule has 1 saturated heterocycles. The lowest BCUT2D eigenvalue weighted by Gasteiger charge is -2.24. The molecule has 1 aliphatic heterocycles. The van der Waals surface area contributed by atoms with E-state index >= 15 is 0 Å². The molecule has 0 unspecified atom stereocenters. The third-order valence-electron chi connectivity index (χ3n) is 4.37. The van der Waals surface area contributed by atoms with Crippen LogP contribution in [0.1, 0.15) is 24.5 Å². The van der Waals surface area contributed by atoms with Crippen molar-refractivity contribution in [2.45, 2.75) is 18.9 Å². The van der Waals surface area contributed by atoms with Crippen LogP contribution in [-0.2, 0) is 10.3 Å². The third kappa shape index (κ3) is 2.92. The van der Waals surface area contributed by atoms with E-state index in [1.807, 2.05) is 13.0 Å². The molecule has 0 saturated carbocycles. The molecule has 1 aliphatic rings. The van der Waals surface area contributed by atoms with E-state index in [4.69, 9.17) is 4.74 Å². The molecule has 1 heterocycles. The van der Waals surface area contributed by atoms with Crippen molar-refractivity contribution in [2.24, 2.45) is 5.10 Å². The van der Waals surface area contributed by atoms with Crippen molar-refractivity contribution >= 4 is 18.2 Å². The number of rotatable bonds is 5. The second-order valence-electron chi connectivity index (χ2n) is 5.81. The highest BCUT2D eigenvalue weighted by Crippen LogP contribution is 2.32. The van der Waals surface area contributed by atoms with E-state index in [-0.39, 0.29) is 5.75 Å². The minimum Gasteiger partial charge on any atom is -0.494 e. The van der Waals surface area contributed by atoms with E-state index in [0.717, 1.165) is 5.01 Å². The molecule has 0 radical (unpaired) electrons. The molecular formula is C19H18FN3O3. The number of ether oxygens (including phenoxy) is 1. The fourth-order valence-corrected chi connectivity index (χ4v) is 2.92. The number of imide groups is 1. The SMILES string of the molecule is CC[C@@]1(c2ccccc2)NC(=O)N(/N=C\c2ccc(OC)c(F)c2)C1=O. The molecule has 7 heteroatoms. The number of nitrogens with one attached hydrogen (secondary N) is 1. The molecule has 3 amide bonds. The van der Waals surface area contributed by atoms with Gasteiger partial charge in [0.1, 0.15) is 5.54 Å². The predicted octanol–water partition coefficient (Wildman–Crippen LogP) is 3.03. The van der Waals surface area contributed by atoms with Crippen LogP contribution in [0.4, 0.5) is 9.18 Å². The number of amides is 3. The minimum atomic E-state index is -1.15. The van der Waals surface area contributed by atoms with Gasteiger partial charge in [0.15, 0.2) is 11.6 Å². The molecule has 1 N–H and O–H groups in total. The summed E-state index contributed by atoms with van der Waals surface area (Å²) in [5.74, 6) is -0.923. The van der Waals surface area contributed by atoms with Crippen molar-refractivity contribution in [1.82, 2.24) is 10.3 Å². The Kier molecular flexibility index (Phi) is 4.71. The van der Waals surface area contributed by atoms with Gasteiger partial charge in [-0.3, -0.25) is 4.79 Å². The summed E-state index contributed by atoms with van der Waals surface area (Å²) in [6, 6.07) is 12.6. The summed E-state index contributed by atoms with van der Waals surface area (Å²) in [6.45, 7) is 1.82. The molecule has 3 rings (SSSR count). The third-order valence-corrected chi connectivity index (χ3v) is 4.37. The zero-order valence-corrected chi connectivity index (χ0v) is 14.4. The van der Waals surface area contributed by atoms with E-state index in [9.17, 15) is 14.0 Å². The number of halogens is 1. The van der Waals surface area contributed by atoms with Gasteiger partial charge in [-0.1, -0.05) is 37.3 Å². The van der Waals surface area contributed by atoms with Crippen LogP contribution < -0.4 is 10.1 Å². The molecule has 6 nitrogen and oxygen atoms in total. The van der Waals surface area contributed by atoms with Crippen LogP contribution in [0.2, 0.25) is 0 Å². The lowest BCUT2D eigenvalue weighted by molar-refractivity contribution is -0.131.